The van der Waals surface area contributed by atoms with Crippen LogP contribution in [-0.4, -0.2) is 22.3 Å². The highest BCUT2D eigenvalue weighted by molar-refractivity contribution is 5.82. The van der Waals surface area contributed by atoms with Crippen LogP contribution in [0, 0.1) is 16.7 Å². The molecule has 112 valence electrons. The maximum Gasteiger partial charge on any atom is 0.228 e. The Morgan fingerprint density at radius 2 is 1.53 bits per heavy atom. The molecule has 0 amide bonds. The summed E-state index contributed by atoms with van der Waals surface area (Å²) in [5.41, 5.74) is 0. The number of nitrogens with one attached hydrogen (secondary N) is 2. The van der Waals surface area contributed by atoms with Gasteiger partial charge in [-0.1, -0.05) is 51.9 Å². The van der Waals surface area contributed by atoms with Crippen LogP contribution in [0.2, 0.25) is 0 Å². The summed E-state index contributed by atoms with van der Waals surface area (Å²) in [6.45, 7) is 2.18. The molecule has 0 aromatic rings. The minimum atomic E-state index is -0.416. The van der Waals surface area contributed by atoms with Crippen molar-refractivity contribution in [1.29, 1.82) is 10.8 Å². The molecular formula is C13H26N2O4. The fourth-order valence-electron chi connectivity index (χ4n) is 2.01. The standard InChI is InChI=1S/C13H26N2O4/c1-2-3-4-5-6-7-8-9-11(13(15)19-17)10-12(14)18-16/h11,14-17H,2-10H2,1H3. The van der Waals surface area contributed by atoms with Gasteiger partial charge in [0.05, 0.1) is 0 Å². The van der Waals surface area contributed by atoms with E-state index in [1.54, 1.807) is 0 Å². The fourth-order valence-corrected chi connectivity index (χ4v) is 2.01. The van der Waals surface area contributed by atoms with Crippen molar-refractivity contribution in [2.45, 2.75) is 64.7 Å². The molecule has 0 aliphatic rings. The summed E-state index contributed by atoms with van der Waals surface area (Å²) in [7, 11) is 0. The van der Waals surface area contributed by atoms with Crippen LogP contribution < -0.4 is 0 Å². The first-order chi connectivity index (χ1) is 9.15. The van der Waals surface area contributed by atoms with E-state index in [0.29, 0.717) is 6.42 Å². The Labute approximate surface area is 114 Å². The van der Waals surface area contributed by atoms with E-state index in [-0.39, 0.29) is 18.2 Å². The van der Waals surface area contributed by atoms with Crippen LogP contribution in [0.25, 0.3) is 0 Å². The van der Waals surface area contributed by atoms with Crippen molar-refractivity contribution in [1.82, 2.24) is 0 Å². The molecule has 0 bridgehead atoms. The van der Waals surface area contributed by atoms with Crippen molar-refractivity contribution in [3.8, 4) is 0 Å². The van der Waals surface area contributed by atoms with Crippen LogP contribution in [0.3, 0.4) is 0 Å². The molecule has 19 heavy (non-hydrogen) atoms. The smallest absolute Gasteiger partial charge is 0.228 e. The van der Waals surface area contributed by atoms with Crippen LogP contribution >= 0.6 is 0 Å². The van der Waals surface area contributed by atoms with Crippen LogP contribution in [-0.2, 0) is 9.78 Å². The largest absolute Gasteiger partial charge is 0.325 e. The second-order valence-electron chi connectivity index (χ2n) is 4.78. The van der Waals surface area contributed by atoms with E-state index in [2.05, 4.69) is 16.7 Å². The number of hydrogen-bond acceptors (Lipinski definition) is 6. The lowest BCUT2D eigenvalue weighted by Crippen LogP contribution is -2.20. The predicted molar refractivity (Wildman–Crippen MR) is 73.6 cm³/mol. The topological polar surface area (TPSA) is 107 Å². The fraction of sp³-hybridized carbons (Fsp3) is 0.846. The second kappa shape index (κ2) is 11.9. The first-order valence-corrected chi connectivity index (χ1v) is 6.94. The van der Waals surface area contributed by atoms with Gasteiger partial charge in [0.15, 0.2) is 0 Å². The molecule has 1 atom stereocenters. The molecule has 0 aliphatic heterocycles. The molecule has 0 aliphatic carbocycles. The minimum absolute atomic E-state index is 0.0612. The second-order valence-corrected chi connectivity index (χ2v) is 4.78. The summed E-state index contributed by atoms with van der Waals surface area (Å²) in [5, 5.41) is 31.5. The Morgan fingerprint density at radius 1 is 0.947 bits per heavy atom. The third kappa shape index (κ3) is 9.44. The normalized spacial score (nSPS) is 11.9. The third-order valence-corrected chi connectivity index (χ3v) is 3.17. The van der Waals surface area contributed by atoms with Crippen LogP contribution in [0.1, 0.15) is 64.7 Å². The van der Waals surface area contributed by atoms with Crippen molar-refractivity contribution in [3.63, 3.8) is 0 Å². The lowest BCUT2D eigenvalue weighted by Gasteiger charge is -2.14. The van der Waals surface area contributed by atoms with E-state index in [9.17, 15) is 0 Å². The van der Waals surface area contributed by atoms with Gasteiger partial charge in [-0.2, -0.15) is 0 Å². The molecule has 6 heteroatoms. The molecule has 0 radical (unpaired) electrons. The van der Waals surface area contributed by atoms with E-state index < -0.39 is 5.92 Å². The van der Waals surface area contributed by atoms with Gasteiger partial charge in [0.1, 0.15) is 0 Å². The summed E-state index contributed by atoms with van der Waals surface area (Å²) >= 11 is 0. The summed E-state index contributed by atoms with van der Waals surface area (Å²) in [6, 6.07) is 0. The van der Waals surface area contributed by atoms with Crippen molar-refractivity contribution in [2.24, 2.45) is 5.92 Å². The van der Waals surface area contributed by atoms with Gasteiger partial charge in [-0.3, -0.25) is 10.8 Å². The van der Waals surface area contributed by atoms with E-state index in [0.717, 1.165) is 19.3 Å². The van der Waals surface area contributed by atoms with Gasteiger partial charge in [-0.15, -0.1) is 0 Å². The number of rotatable bonds is 11. The molecule has 0 aromatic carbocycles. The first-order valence-electron chi connectivity index (χ1n) is 6.94. The molecular weight excluding hydrogens is 248 g/mol. The predicted octanol–water partition coefficient (Wildman–Crippen LogP) is 4.07. The summed E-state index contributed by atoms with van der Waals surface area (Å²) in [5.74, 6) is -1.03. The molecule has 6 nitrogen and oxygen atoms in total. The Balaban J connectivity index is 3.80. The maximum atomic E-state index is 8.49. The Morgan fingerprint density at radius 3 is 2.05 bits per heavy atom. The molecule has 0 saturated heterocycles. The molecule has 4 N–H and O–H groups in total. The van der Waals surface area contributed by atoms with E-state index in [1.807, 2.05) is 0 Å². The van der Waals surface area contributed by atoms with Crippen molar-refractivity contribution >= 4 is 11.8 Å². The monoisotopic (exact) mass is 274 g/mol. The Bertz CT molecular complexity index is 259. The third-order valence-electron chi connectivity index (χ3n) is 3.17. The zero-order valence-electron chi connectivity index (χ0n) is 11.7. The van der Waals surface area contributed by atoms with Crippen molar-refractivity contribution in [3.05, 3.63) is 0 Å². The molecule has 0 fully saturated rings. The molecule has 0 aromatic heterocycles. The van der Waals surface area contributed by atoms with E-state index in [4.69, 9.17) is 21.3 Å². The zero-order chi connectivity index (χ0) is 14.5. The van der Waals surface area contributed by atoms with Crippen molar-refractivity contribution < 1.29 is 20.3 Å². The minimum Gasteiger partial charge on any atom is -0.325 e. The van der Waals surface area contributed by atoms with Gasteiger partial charge in [0.25, 0.3) is 0 Å². The van der Waals surface area contributed by atoms with Gasteiger partial charge in [-0.05, 0) is 6.42 Å². The molecule has 0 spiro atoms. The number of hydrogen-bond donors (Lipinski definition) is 4. The molecule has 1 unspecified atom stereocenters. The Kier molecular flexibility index (Phi) is 11.2. The van der Waals surface area contributed by atoms with Gasteiger partial charge in [-0.25, -0.2) is 10.5 Å². The summed E-state index contributed by atoms with van der Waals surface area (Å²) in [6.07, 6.45) is 8.82. The quantitative estimate of drug-likeness (QED) is 0.150. The van der Waals surface area contributed by atoms with Gasteiger partial charge in [0, 0.05) is 12.3 Å². The summed E-state index contributed by atoms with van der Waals surface area (Å²) < 4.78 is 0. The van der Waals surface area contributed by atoms with Crippen molar-refractivity contribution in [2.75, 3.05) is 0 Å². The van der Waals surface area contributed by atoms with E-state index >= 15 is 0 Å². The lowest BCUT2D eigenvalue weighted by atomic mass is 9.97. The average Bonchev–Trinajstić information content (AvgIpc) is 2.43. The highest BCUT2D eigenvalue weighted by Gasteiger charge is 2.19. The van der Waals surface area contributed by atoms with Crippen LogP contribution in [0.15, 0.2) is 0 Å². The number of unbranched alkanes of at least 4 members (excludes halogenated alkanes) is 6. The zero-order valence-corrected chi connectivity index (χ0v) is 11.7. The van der Waals surface area contributed by atoms with Gasteiger partial charge >= 0.3 is 0 Å². The Hall–Kier alpha value is -1.14. The summed E-state index contributed by atoms with van der Waals surface area (Å²) in [4.78, 5) is 7.71. The highest BCUT2D eigenvalue weighted by atomic mass is 17.1. The van der Waals surface area contributed by atoms with Gasteiger partial charge in [0.2, 0.25) is 11.8 Å². The first kappa shape index (κ1) is 17.9. The molecule has 0 heterocycles. The lowest BCUT2D eigenvalue weighted by molar-refractivity contribution is -0.165. The SMILES string of the molecule is CCCCCCCCCC(CC(=N)OO)C(=N)OO. The molecule has 0 saturated carbocycles. The van der Waals surface area contributed by atoms with Crippen LogP contribution in [0.4, 0.5) is 0 Å². The van der Waals surface area contributed by atoms with E-state index in [1.165, 1.54) is 25.7 Å². The van der Waals surface area contributed by atoms with Gasteiger partial charge < -0.3 is 9.78 Å². The molecule has 0 rings (SSSR count). The average molecular weight is 274 g/mol. The maximum absolute atomic E-state index is 8.49. The van der Waals surface area contributed by atoms with Crippen LogP contribution in [0.5, 0.6) is 0 Å². The highest BCUT2D eigenvalue weighted by Crippen LogP contribution is 2.17.